The number of amides is 1. The smallest absolute Gasteiger partial charge is 0.412 e. The van der Waals surface area contributed by atoms with Gasteiger partial charge in [-0.1, -0.05) is 30.0 Å². The lowest BCUT2D eigenvalue weighted by Crippen LogP contribution is -2.27. The molecule has 9 nitrogen and oxygen atoms in total. The van der Waals surface area contributed by atoms with Gasteiger partial charge in [0.1, 0.15) is 11.4 Å². The van der Waals surface area contributed by atoms with Gasteiger partial charge in [0.25, 0.3) is 0 Å². The summed E-state index contributed by atoms with van der Waals surface area (Å²) in [4.78, 5) is 21.0. The quantitative estimate of drug-likeness (QED) is 0.308. The highest BCUT2D eigenvalue weighted by molar-refractivity contribution is 5.86. The SMILES string of the molecule is Cn1cc(Nc2ncc(C#Cc3ccccc3)c(Nc3cc(NC(=O)OC(C)(C)C)ccc3F)n2)cn1. The Morgan fingerprint density at radius 3 is 2.51 bits per heavy atom. The number of rotatable bonds is 5. The molecule has 0 saturated heterocycles. The fourth-order valence-corrected chi connectivity index (χ4v) is 3.15. The van der Waals surface area contributed by atoms with Gasteiger partial charge in [0, 0.05) is 24.5 Å². The molecular weight excluding hydrogens is 473 g/mol. The summed E-state index contributed by atoms with van der Waals surface area (Å²) in [6.45, 7) is 5.28. The molecule has 4 rings (SSSR count). The van der Waals surface area contributed by atoms with E-state index in [1.165, 1.54) is 18.2 Å². The highest BCUT2D eigenvalue weighted by atomic mass is 19.1. The first kappa shape index (κ1) is 25.2. The van der Waals surface area contributed by atoms with Crippen LogP contribution in [0.1, 0.15) is 31.9 Å². The topological polar surface area (TPSA) is 106 Å². The average Bonchev–Trinajstić information content (AvgIpc) is 3.24. The van der Waals surface area contributed by atoms with Gasteiger partial charge in [-0.25, -0.2) is 14.2 Å². The molecule has 0 bridgehead atoms. The van der Waals surface area contributed by atoms with Gasteiger partial charge >= 0.3 is 6.09 Å². The Bertz CT molecular complexity index is 1470. The maximum atomic E-state index is 14.8. The number of hydrogen-bond donors (Lipinski definition) is 3. The zero-order valence-corrected chi connectivity index (χ0v) is 20.8. The summed E-state index contributed by atoms with van der Waals surface area (Å²) in [7, 11) is 1.79. The van der Waals surface area contributed by atoms with Crippen LogP contribution in [0.3, 0.4) is 0 Å². The van der Waals surface area contributed by atoms with Gasteiger partial charge in [0.05, 0.1) is 29.3 Å². The molecule has 0 spiro atoms. The minimum atomic E-state index is -0.670. The Morgan fingerprint density at radius 2 is 1.81 bits per heavy atom. The van der Waals surface area contributed by atoms with Crippen molar-refractivity contribution in [3.8, 4) is 11.8 Å². The van der Waals surface area contributed by atoms with Crippen molar-refractivity contribution in [1.82, 2.24) is 19.7 Å². The Kier molecular flexibility index (Phi) is 7.34. The van der Waals surface area contributed by atoms with Gasteiger partial charge in [-0.3, -0.25) is 10.00 Å². The predicted molar refractivity (Wildman–Crippen MR) is 140 cm³/mol. The van der Waals surface area contributed by atoms with E-state index in [2.05, 4.69) is 42.9 Å². The monoisotopic (exact) mass is 499 g/mol. The first-order chi connectivity index (χ1) is 17.6. The highest BCUT2D eigenvalue weighted by Crippen LogP contribution is 2.26. The van der Waals surface area contributed by atoms with Crippen molar-refractivity contribution in [2.45, 2.75) is 26.4 Å². The first-order valence-electron chi connectivity index (χ1n) is 11.4. The van der Waals surface area contributed by atoms with Crippen molar-refractivity contribution in [2.24, 2.45) is 7.05 Å². The second kappa shape index (κ2) is 10.8. The molecule has 0 fully saturated rings. The number of nitrogens with one attached hydrogen (secondary N) is 3. The third-order valence-corrected chi connectivity index (χ3v) is 4.73. The van der Waals surface area contributed by atoms with Gasteiger partial charge < -0.3 is 15.4 Å². The maximum absolute atomic E-state index is 14.8. The van der Waals surface area contributed by atoms with Crippen LogP contribution in [-0.4, -0.2) is 31.4 Å². The van der Waals surface area contributed by atoms with Crippen molar-refractivity contribution in [3.63, 3.8) is 0 Å². The summed E-state index contributed by atoms with van der Waals surface area (Å²) in [5.74, 6) is 6.10. The number of hydrogen-bond acceptors (Lipinski definition) is 7. The van der Waals surface area contributed by atoms with E-state index in [4.69, 9.17) is 4.74 Å². The van der Waals surface area contributed by atoms with Crippen LogP contribution in [0.2, 0.25) is 0 Å². The van der Waals surface area contributed by atoms with Crippen LogP contribution < -0.4 is 16.0 Å². The summed E-state index contributed by atoms with van der Waals surface area (Å²) in [6.07, 6.45) is 4.30. The summed E-state index contributed by atoms with van der Waals surface area (Å²) in [5.41, 5.74) is 1.70. The van der Waals surface area contributed by atoms with E-state index in [-0.39, 0.29) is 17.5 Å². The van der Waals surface area contributed by atoms with E-state index < -0.39 is 17.5 Å². The maximum Gasteiger partial charge on any atom is 0.412 e. The van der Waals surface area contributed by atoms with Crippen LogP contribution in [0.15, 0.2) is 67.1 Å². The molecule has 188 valence electrons. The highest BCUT2D eigenvalue weighted by Gasteiger charge is 2.17. The molecule has 2 aromatic carbocycles. The van der Waals surface area contributed by atoms with Crippen molar-refractivity contribution in [1.29, 1.82) is 0 Å². The van der Waals surface area contributed by atoms with Gasteiger partial charge in [-0.05, 0) is 51.1 Å². The minimum absolute atomic E-state index is 0.0855. The van der Waals surface area contributed by atoms with Gasteiger partial charge in [-0.2, -0.15) is 10.1 Å². The Morgan fingerprint density at radius 1 is 1.03 bits per heavy atom. The Hall–Kier alpha value is -4.91. The molecule has 0 radical (unpaired) electrons. The molecule has 0 saturated carbocycles. The zero-order chi connectivity index (χ0) is 26.4. The average molecular weight is 500 g/mol. The largest absolute Gasteiger partial charge is 0.444 e. The van der Waals surface area contributed by atoms with E-state index >= 15 is 0 Å². The fraction of sp³-hybridized carbons (Fsp3) is 0.185. The number of ether oxygens (including phenoxy) is 1. The van der Waals surface area contributed by atoms with Crippen molar-refractivity contribution >= 4 is 34.9 Å². The number of aryl methyl sites for hydroxylation is 1. The van der Waals surface area contributed by atoms with Gasteiger partial charge in [-0.15, -0.1) is 0 Å². The second-order valence-electron chi connectivity index (χ2n) is 9.05. The molecule has 2 heterocycles. The van der Waals surface area contributed by atoms with Crippen LogP contribution in [0.25, 0.3) is 0 Å². The molecule has 0 aliphatic carbocycles. The van der Waals surface area contributed by atoms with E-state index in [1.54, 1.807) is 51.1 Å². The number of carbonyl (C=O) groups is 1. The molecule has 1 amide bonds. The molecule has 0 unspecified atom stereocenters. The zero-order valence-electron chi connectivity index (χ0n) is 20.8. The first-order valence-corrected chi connectivity index (χ1v) is 11.4. The minimum Gasteiger partial charge on any atom is -0.444 e. The van der Waals surface area contributed by atoms with Crippen LogP contribution in [0, 0.1) is 17.7 Å². The molecule has 3 N–H and O–H groups in total. The van der Waals surface area contributed by atoms with Gasteiger partial charge in [0.15, 0.2) is 5.82 Å². The van der Waals surface area contributed by atoms with Crippen molar-refractivity contribution in [3.05, 3.63) is 84.1 Å². The number of nitrogens with zero attached hydrogens (tertiary/aromatic N) is 4. The lowest BCUT2D eigenvalue weighted by atomic mass is 10.2. The molecule has 0 atom stereocenters. The lowest BCUT2D eigenvalue weighted by Gasteiger charge is -2.20. The van der Waals surface area contributed by atoms with Crippen LogP contribution in [-0.2, 0) is 11.8 Å². The third kappa shape index (κ3) is 7.29. The molecule has 2 aromatic heterocycles. The molecule has 4 aromatic rings. The fourth-order valence-electron chi connectivity index (χ4n) is 3.15. The number of carbonyl (C=O) groups excluding carboxylic acids is 1. The molecule has 37 heavy (non-hydrogen) atoms. The second-order valence-corrected chi connectivity index (χ2v) is 9.05. The standard InChI is InChI=1S/C27H26FN7O2/c1-27(2,3)37-26(36)32-20-12-13-22(28)23(14-20)33-24-19(11-10-18-8-6-5-7-9-18)15-29-25(34-24)31-21-16-30-35(4)17-21/h5-9,12-17H,1-4H3,(H,32,36)(H2,29,31,33,34). The number of anilines is 5. The predicted octanol–water partition coefficient (Wildman–Crippen LogP) is 5.58. The van der Waals surface area contributed by atoms with Crippen LogP contribution >= 0.6 is 0 Å². The summed E-state index contributed by atoms with van der Waals surface area (Å²) >= 11 is 0. The molecule has 0 aliphatic heterocycles. The molecular formula is C27H26FN7O2. The van der Waals surface area contributed by atoms with Crippen LogP contribution in [0.4, 0.5) is 38.0 Å². The summed E-state index contributed by atoms with van der Waals surface area (Å²) in [6, 6.07) is 13.6. The van der Waals surface area contributed by atoms with E-state index in [0.717, 1.165) is 5.56 Å². The number of benzene rings is 2. The Labute approximate surface area is 214 Å². The normalized spacial score (nSPS) is 10.7. The number of halogens is 1. The molecule has 0 aliphatic rings. The Balaban J connectivity index is 1.65. The lowest BCUT2D eigenvalue weighted by molar-refractivity contribution is 0.0636. The van der Waals surface area contributed by atoms with Crippen molar-refractivity contribution in [2.75, 3.05) is 16.0 Å². The van der Waals surface area contributed by atoms with Crippen molar-refractivity contribution < 1.29 is 13.9 Å². The van der Waals surface area contributed by atoms with Crippen LogP contribution in [0.5, 0.6) is 0 Å². The summed E-state index contributed by atoms with van der Waals surface area (Å²) in [5, 5.41) is 12.8. The van der Waals surface area contributed by atoms with E-state index in [0.29, 0.717) is 16.9 Å². The number of aromatic nitrogens is 4. The molecule has 10 heteroatoms. The summed E-state index contributed by atoms with van der Waals surface area (Å²) < 4.78 is 21.7. The van der Waals surface area contributed by atoms with E-state index in [1.807, 2.05) is 30.3 Å². The third-order valence-electron chi connectivity index (χ3n) is 4.73. The van der Waals surface area contributed by atoms with E-state index in [9.17, 15) is 9.18 Å². The van der Waals surface area contributed by atoms with Gasteiger partial charge in [0.2, 0.25) is 5.95 Å².